The Bertz CT molecular complexity index is 439. The Balaban J connectivity index is 2.92. The van der Waals surface area contributed by atoms with Gasteiger partial charge in [0.05, 0.1) is 0 Å². The standard InChI is InChI=1S/C9H9NSSe/c1-5-3-7-8(4-6(5)2)12-9(11)10-7/h3-4H,1-2H3,(H,10,11). The number of aromatic amines is 1. The van der Waals surface area contributed by atoms with E-state index in [2.05, 4.69) is 31.0 Å². The maximum absolute atomic E-state index is 5.13. The predicted molar refractivity (Wildman–Crippen MR) is 55.5 cm³/mol. The van der Waals surface area contributed by atoms with Gasteiger partial charge in [0.15, 0.2) is 0 Å². The van der Waals surface area contributed by atoms with Gasteiger partial charge in [-0.2, -0.15) is 0 Å². The molecule has 0 saturated heterocycles. The molecular weight excluding hydrogens is 233 g/mol. The van der Waals surface area contributed by atoms with Crippen LogP contribution in [0, 0.1) is 17.4 Å². The summed E-state index contributed by atoms with van der Waals surface area (Å²) in [6.07, 6.45) is 0. The van der Waals surface area contributed by atoms with Gasteiger partial charge in [-0.3, -0.25) is 0 Å². The van der Waals surface area contributed by atoms with Crippen LogP contribution in [0.3, 0.4) is 0 Å². The van der Waals surface area contributed by atoms with E-state index in [1.165, 1.54) is 20.9 Å². The van der Waals surface area contributed by atoms with E-state index in [9.17, 15) is 0 Å². The fourth-order valence-electron chi connectivity index (χ4n) is 1.21. The van der Waals surface area contributed by atoms with Crippen LogP contribution in [0.1, 0.15) is 11.1 Å². The van der Waals surface area contributed by atoms with Crippen LogP contribution in [-0.4, -0.2) is 19.5 Å². The molecule has 1 aromatic carbocycles. The van der Waals surface area contributed by atoms with Gasteiger partial charge in [0.1, 0.15) is 0 Å². The molecular formula is C9H9NSSe. The zero-order chi connectivity index (χ0) is 8.72. The summed E-state index contributed by atoms with van der Waals surface area (Å²) in [4.78, 5) is 3.22. The van der Waals surface area contributed by atoms with Gasteiger partial charge in [-0.25, -0.2) is 0 Å². The summed E-state index contributed by atoms with van der Waals surface area (Å²) >= 11 is 5.49. The Hall–Kier alpha value is -0.371. The zero-order valence-electron chi connectivity index (χ0n) is 6.97. The first-order valence-corrected chi connectivity index (χ1v) is 5.89. The Morgan fingerprint density at radius 1 is 1.25 bits per heavy atom. The number of benzene rings is 1. The molecule has 0 spiro atoms. The van der Waals surface area contributed by atoms with Crippen molar-refractivity contribution < 1.29 is 0 Å². The van der Waals surface area contributed by atoms with Crippen LogP contribution >= 0.6 is 12.2 Å². The molecule has 0 bridgehead atoms. The third kappa shape index (κ3) is 1.28. The van der Waals surface area contributed by atoms with Crippen molar-refractivity contribution in [1.29, 1.82) is 0 Å². The van der Waals surface area contributed by atoms with Crippen LogP contribution in [0.15, 0.2) is 12.1 Å². The topological polar surface area (TPSA) is 15.8 Å². The van der Waals surface area contributed by atoms with E-state index in [1.807, 2.05) is 0 Å². The fraction of sp³-hybridized carbons (Fsp3) is 0.222. The molecule has 2 aromatic rings. The normalized spacial score (nSPS) is 10.8. The molecule has 2 rings (SSSR count). The Labute approximate surface area is 82.2 Å². The van der Waals surface area contributed by atoms with E-state index >= 15 is 0 Å². The van der Waals surface area contributed by atoms with Crippen LogP contribution < -0.4 is 0 Å². The number of hydrogen-bond donors (Lipinski definition) is 1. The Morgan fingerprint density at radius 2 is 1.92 bits per heavy atom. The number of nitrogens with one attached hydrogen (secondary N) is 1. The van der Waals surface area contributed by atoms with Crippen LogP contribution in [0.25, 0.3) is 9.78 Å². The molecule has 3 heteroatoms. The fourth-order valence-corrected chi connectivity index (χ4v) is 3.50. The zero-order valence-corrected chi connectivity index (χ0v) is 9.50. The van der Waals surface area contributed by atoms with Gasteiger partial charge >= 0.3 is 82.1 Å². The van der Waals surface area contributed by atoms with Crippen molar-refractivity contribution in [3.63, 3.8) is 0 Å². The summed E-state index contributed by atoms with van der Waals surface area (Å²) in [5.41, 5.74) is 3.92. The monoisotopic (exact) mass is 243 g/mol. The van der Waals surface area contributed by atoms with Crippen molar-refractivity contribution in [2.75, 3.05) is 0 Å². The van der Waals surface area contributed by atoms with E-state index in [0.717, 1.165) is 3.51 Å². The van der Waals surface area contributed by atoms with Gasteiger partial charge in [0, 0.05) is 0 Å². The third-order valence-corrected chi connectivity index (χ3v) is 4.34. The first-order valence-electron chi connectivity index (χ1n) is 3.77. The van der Waals surface area contributed by atoms with Crippen LogP contribution in [0.2, 0.25) is 0 Å². The van der Waals surface area contributed by atoms with Gasteiger partial charge < -0.3 is 0 Å². The molecule has 0 aliphatic heterocycles. The number of hydrogen-bond acceptors (Lipinski definition) is 1. The first kappa shape index (κ1) is 8.24. The van der Waals surface area contributed by atoms with Gasteiger partial charge in [0.2, 0.25) is 0 Å². The summed E-state index contributed by atoms with van der Waals surface area (Å²) in [7, 11) is 0. The molecule has 0 radical (unpaired) electrons. The summed E-state index contributed by atoms with van der Waals surface area (Å²) in [5, 5.41) is 0. The molecule has 1 nitrogen and oxygen atoms in total. The first-order chi connectivity index (χ1) is 5.66. The number of rotatable bonds is 0. The SMILES string of the molecule is Cc1cc2[nH]c(=S)[se]c2cc1C. The number of aromatic nitrogens is 1. The second-order valence-electron chi connectivity index (χ2n) is 2.95. The summed E-state index contributed by atoms with van der Waals surface area (Å²) < 4.78 is 2.40. The van der Waals surface area contributed by atoms with Crippen molar-refractivity contribution in [2.24, 2.45) is 0 Å². The second-order valence-corrected chi connectivity index (χ2v) is 6.15. The summed E-state index contributed by atoms with van der Waals surface area (Å²) in [6, 6.07) is 4.43. The average Bonchev–Trinajstić information content (AvgIpc) is 2.30. The molecule has 0 unspecified atom stereocenters. The second kappa shape index (κ2) is 2.84. The number of H-pyrrole nitrogens is 1. The van der Waals surface area contributed by atoms with Crippen molar-refractivity contribution in [3.05, 3.63) is 26.8 Å². The Kier molecular flexibility index (Phi) is 1.95. The predicted octanol–water partition coefficient (Wildman–Crippen LogP) is 2.57. The molecule has 12 heavy (non-hydrogen) atoms. The molecule has 0 aliphatic carbocycles. The van der Waals surface area contributed by atoms with Gasteiger partial charge in [-0.15, -0.1) is 0 Å². The molecule has 1 heterocycles. The third-order valence-electron chi connectivity index (χ3n) is 2.04. The molecule has 0 atom stereocenters. The molecule has 1 aromatic heterocycles. The average molecular weight is 242 g/mol. The molecule has 0 amide bonds. The van der Waals surface area contributed by atoms with Crippen molar-refractivity contribution >= 4 is 36.5 Å². The van der Waals surface area contributed by atoms with Gasteiger partial charge in [-0.1, -0.05) is 0 Å². The number of aryl methyl sites for hydroxylation is 2. The van der Waals surface area contributed by atoms with Crippen molar-refractivity contribution in [2.45, 2.75) is 13.8 Å². The van der Waals surface area contributed by atoms with Crippen molar-refractivity contribution in [1.82, 2.24) is 4.98 Å². The maximum atomic E-state index is 5.13. The van der Waals surface area contributed by atoms with E-state index in [-0.39, 0.29) is 0 Å². The van der Waals surface area contributed by atoms with E-state index < -0.39 is 0 Å². The van der Waals surface area contributed by atoms with Crippen LogP contribution in [-0.2, 0) is 0 Å². The van der Waals surface area contributed by atoms with E-state index in [1.54, 1.807) is 0 Å². The molecule has 0 aliphatic rings. The van der Waals surface area contributed by atoms with E-state index in [4.69, 9.17) is 12.2 Å². The number of fused-ring (bicyclic) bond motifs is 1. The van der Waals surface area contributed by atoms with Gasteiger partial charge in [-0.05, 0) is 0 Å². The van der Waals surface area contributed by atoms with Crippen LogP contribution in [0.4, 0.5) is 0 Å². The molecule has 0 saturated carbocycles. The molecule has 0 fully saturated rings. The summed E-state index contributed by atoms with van der Waals surface area (Å²) in [6.45, 7) is 4.28. The Morgan fingerprint density at radius 3 is 2.67 bits per heavy atom. The minimum absolute atomic E-state index is 0.364. The van der Waals surface area contributed by atoms with Crippen molar-refractivity contribution in [3.8, 4) is 0 Å². The van der Waals surface area contributed by atoms with Gasteiger partial charge in [0.25, 0.3) is 0 Å². The molecule has 1 N–H and O–H groups in total. The minimum atomic E-state index is 0.364. The van der Waals surface area contributed by atoms with Crippen LogP contribution in [0.5, 0.6) is 0 Å². The van der Waals surface area contributed by atoms with E-state index in [0.29, 0.717) is 14.5 Å². The quantitative estimate of drug-likeness (QED) is 0.554. The summed E-state index contributed by atoms with van der Waals surface area (Å²) in [5.74, 6) is 0. The molecule has 62 valence electrons.